The van der Waals surface area contributed by atoms with Gasteiger partial charge in [-0.1, -0.05) is 29.3 Å². The van der Waals surface area contributed by atoms with Gasteiger partial charge in [-0.2, -0.15) is 0 Å². The van der Waals surface area contributed by atoms with E-state index in [1.54, 1.807) is 35.2 Å². The van der Waals surface area contributed by atoms with E-state index in [1.807, 2.05) is 31.2 Å². The smallest absolute Gasteiger partial charge is 0.289 e. The number of amides is 2. The van der Waals surface area contributed by atoms with Gasteiger partial charge in [0.25, 0.3) is 5.91 Å². The van der Waals surface area contributed by atoms with Crippen LogP contribution in [0.5, 0.6) is 11.5 Å². The highest BCUT2D eigenvalue weighted by Gasteiger charge is 2.29. The van der Waals surface area contributed by atoms with Crippen LogP contribution < -0.4 is 10.1 Å². The van der Waals surface area contributed by atoms with Crippen LogP contribution in [-0.2, 0) is 4.79 Å². The maximum Gasteiger partial charge on any atom is 0.289 e. The fourth-order valence-electron chi connectivity index (χ4n) is 3.56. The van der Waals surface area contributed by atoms with Crippen LogP contribution in [0.15, 0.2) is 65.3 Å². The van der Waals surface area contributed by atoms with Crippen molar-refractivity contribution >= 4 is 29.1 Å². The molecule has 31 heavy (non-hydrogen) atoms. The highest BCUT2D eigenvalue weighted by Crippen LogP contribution is 2.33. The quantitative estimate of drug-likeness (QED) is 0.569. The fraction of sp³-hybridized carbons (Fsp3) is 0.250. The van der Waals surface area contributed by atoms with Gasteiger partial charge in [0.1, 0.15) is 5.75 Å². The third-order valence-corrected chi connectivity index (χ3v) is 5.57. The maximum atomic E-state index is 12.9. The zero-order chi connectivity index (χ0) is 21.8. The van der Waals surface area contributed by atoms with Crippen LogP contribution in [0.4, 0.5) is 5.69 Å². The lowest BCUT2D eigenvalue weighted by Gasteiger charge is -2.30. The molecule has 0 atom stereocenters. The minimum Gasteiger partial charge on any atom is -0.459 e. The van der Waals surface area contributed by atoms with Crippen LogP contribution in [0.3, 0.4) is 0 Å². The van der Waals surface area contributed by atoms with Gasteiger partial charge in [-0.25, -0.2) is 0 Å². The van der Waals surface area contributed by atoms with Crippen molar-refractivity contribution in [1.29, 1.82) is 0 Å². The summed E-state index contributed by atoms with van der Waals surface area (Å²) in [6.07, 6.45) is 2.63. The number of ether oxygens (including phenoxy) is 1. The van der Waals surface area contributed by atoms with Crippen LogP contribution in [0.2, 0.25) is 5.02 Å². The molecule has 1 saturated heterocycles. The van der Waals surface area contributed by atoms with E-state index in [0.717, 1.165) is 5.56 Å². The van der Waals surface area contributed by atoms with E-state index in [4.69, 9.17) is 20.8 Å². The molecule has 0 saturated carbocycles. The average Bonchev–Trinajstić information content (AvgIpc) is 3.32. The minimum atomic E-state index is -0.202. The van der Waals surface area contributed by atoms with Crippen molar-refractivity contribution in [3.05, 3.63) is 77.2 Å². The predicted molar refractivity (Wildman–Crippen MR) is 119 cm³/mol. The maximum absolute atomic E-state index is 12.9. The van der Waals surface area contributed by atoms with Crippen molar-refractivity contribution in [2.24, 2.45) is 5.92 Å². The van der Waals surface area contributed by atoms with E-state index in [0.29, 0.717) is 53.9 Å². The number of nitrogens with zero attached hydrogens (tertiary/aromatic N) is 1. The van der Waals surface area contributed by atoms with Gasteiger partial charge in [0.05, 0.1) is 12.0 Å². The summed E-state index contributed by atoms with van der Waals surface area (Å²) in [5.41, 5.74) is 1.65. The molecule has 2 aromatic carbocycles. The number of anilines is 1. The van der Waals surface area contributed by atoms with E-state index < -0.39 is 0 Å². The van der Waals surface area contributed by atoms with Crippen LogP contribution in [0.25, 0.3) is 0 Å². The largest absolute Gasteiger partial charge is 0.459 e. The molecule has 1 aliphatic heterocycles. The SMILES string of the molecule is Cc1ccc(Oc2ccc(Cl)cc2NC(=O)C2CCN(C(=O)c3ccco3)CC2)cc1. The number of carbonyl (C=O) groups excluding carboxylic acids is 2. The molecule has 0 unspecified atom stereocenters. The molecular weight excluding hydrogens is 416 g/mol. The van der Waals surface area contributed by atoms with Gasteiger partial charge in [0.15, 0.2) is 11.5 Å². The zero-order valence-corrected chi connectivity index (χ0v) is 17.9. The molecule has 3 aromatic rings. The zero-order valence-electron chi connectivity index (χ0n) is 17.1. The van der Waals surface area contributed by atoms with E-state index in [-0.39, 0.29) is 17.7 Å². The molecule has 1 aromatic heterocycles. The molecule has 2 amide bonds. The van der Waals surface area contributed by atoms with Gasteiger partial charge < -0.3 is 19.4 Å². The first-order valence-corrected chi connectivity index (χ1v) is 10.5. The Bertz CT molecular complexity index is 1060. The molecule has 0 spiro atoms. The summed E-state index contributed by atoms with van der Waals surface area (Å²) >= 11 is 6.15. The van der Waals surface area contributed by atoms with Gasteiger partial charge in [-0.05, 0) is 62.2 Å². The molecule has 1 aliphatic rings. The van der Waals surface area contributed by atoms with Crippen LogP contribution >= 0.6 is 11.6 Å². The second-order valence-electron chi connectivity index (χ2n) is 7.59. The molecule has 1 N–H and O–H groups in total. The number of benzene rings is 2. The summed E-state index contributed by atoms with van der Waals surface area (Å²) in [5.74, 6) is 1.06. The first kappa shape index (κ1) is 21.0. The minimum absolute atomic E-state index is 0.110. The van der Waals surface area contributed by atoms with Gasteiger partial charge in [0.2, 0.25) is 5.91 Å². The lowest BCUT2D eigenvalue weighted by molar-refractivity contribution is -0.121. The number of furan rings is 1. The van der Waals surface area contributed by atoms with Crippen molar-refractivity contribution in [3.8, 4) is 11.5 Å². The molecule has 6 nitrogen and oxygen atoms in total. The Kier molecular flexibility index (Phi) is 6.28. The highest BCUT2D eigenvalue weighted by atomic mass is 35.5. The first-order chi connectivity index (χ1) is 15.0. The van der Waals surface area contributed by atoms with Gasteiger partial charge >= 0.3 is 0 Å². The number of carbonyl (C=O) groups is 2. The molecule has 4 rings (SSSR count). The Morgan fingerprint density at radius 1 is 1.10 bits per heavy atom. The summed E-state index contributed by atoms with van der Waals surface area (Å²) in [7, 11) is 0. The predicted octanol–water partition coefficient (Wildman–Crippen LogP) is 5.52. The van der Waals surface area contributed by atoms with Crippen molar-refractivity contribution < 1.29 is 18.7 Å². The Labute approximate surface area is 185 Å². The Balaban J connectivity index is 1.40. The Morgan fingerprint density at radius 3 is 2.52 bits per heavy atom. The van der Waals surface area contributed by atoms with Crippen molar-refractivity contribution in [1.82, 2.24) is 4.90 Å². The van der Waals surface area contributed by atoms with E-state index >= 15 is 0 Å². The Morgan fingerprint density at radius 2 is 1.84 bits per heavy atom. The number of rotatable bonds is 5. The third kappa shape index (κ3) is 5.09. The molecule has 7 heteroatoms. The number of nitrogens with one attached hydrogen (secondary N) is 1. The summed E-state index contributed by atoms with van der Waals surface area (Å²) in [5, 5.41) is 3.46. The van der Waals surface area contributed by atoms with Crippen LogP contribution in [0.1, 0.15) is 29.0 Å². The normalized spacial score (nSPS) is 14.3. The van der Waals surface area contributed by atoms with Gasteiger partial charge in [-0.15, -0.1) is 0 Å². The average molecular weight is 439 g/mol. The van der Waals surface area contributed by atoms with Crippen molar-refractivity contribution in [2.75, 3.05) is 18.4 Å². The summed E-state index contributed by atoms with van der Waals surface area (Å²) in [4.78, 5) is 27.0. The molecule has 2 heterocycles. The fourth-order valence-corrected chi connectivity index (χ4v) is 3.73. The van der Waals surface area contributed by atoms with Gasteiger partial charge in [-0.3, -0.25) is 9.59 Å². The molecule has 0 radical (unpaired) electrons. The molecular formula is C24H23ClN2O4. The number of piperidine rings is 1. The second kappa shape index (κ2) is 9.27. The Hall–Kier alpha value is -3.25. The monoisotopic (exact) mass is 438 g/mol. The van der Waals surface area contributed by atoms with E-state index in [1.165, 1.54) is 6.26 Å². The third-order valence-electron chi connectivity index (χ3n) is 5.33. The number of halogens is 1. The lowest BCUT2D eigenvalue weighted by Crippen LogP contribution is -2.41. The molecule has 1 fully saturated rings. The summed E-state index contributed by atoms with van der Waals surface area (Å²) in [6.45, 7) is 3.00. The summed E-state index contributed by atoms with van der Waals surface area (Å²) in [6, 6.07) is 16.1. The second-order valence-corrected chi connectivity index (χ2v) is 8.03. The number of hydrogen-bond acceptors (Lipinski definition) is 4. The lowest BCUT2D eigenvalue weighted by atomic mass is 9.95. The van der Waals surface area contributed by atoms with E-state index in [2.05, 4.69) is 5.32 Å². The first-order valence-electron chi connectivity index (χ1n) is 10.2. The van der Waals surface area contributed by atoms with Gasteiger partial charge in [0, 0.05) is 24.0 Å². The van der Waals surface area contributed by atoms with Crippen LogP contribution in [0, 0.1) is 12.8 Å². The number of likely N-dealkylation sites (tertiary alicyclic amines) is 1. The molecule has 0 bridgehead atoms. The molecule has 160 valence electrons. The highest BCUT2D eigenvalue weighted by molar-refractivity contribution is 6.31. The number of hydrogen-bond donors (Lipinski definition) is 1. The number of aryl methyl sites for hydroxylation is 1. The van der Waals surface area contributed by atoms with Crippen molar-refractivity contribution in [2.45, 2.75) is 19.8 Å². The standard InChI is InChI=1S/C24H23ClN2O4/c1-16-4-7-19(8-5-16)31-21-9-6-18(25)15-20(21)26-23(28)17-10-12-27(13-11-17)24(29)22-3-2-14-30-22/h2-9,14-15,17H,10-13H2,1H3,(H,26,28). The summed E-state index contributed by atoms with van der Waals surface area (Å²) < 4.78 is 11.1. The van der Waals surface area contributed by atoms with Crippen molar-refractivity contribution in [3.63, 3.8) is 0 Å². The van der Waals surface area contributed by atoms with Crippen LogP contribution in [-0.4, -0.2) is 29.8 Å². The topological polar surface area (TPSA) is 71.8 Å². The molecule has 0 aliphatic carbocycles. The van der Waals surface area contributed by atoms with E-state index in [9.17, 15) is 9.59 Å².